The Bertz CT molecular complexity index is 1790. The summed E-state index contributed by atoms with van der Waals surface area (Å²) in [6.07, 6.45) is 0. The third-order valence-electron chi connectivity index (χ3n) is 6.80. The number of carbonyl (C=O) groups excluding carboxylic acids is 1. The van der Waals surface area contributed by atoms with Crippen molar-refractivity contribution in [2.75, 3.05) is 13.7 Å². The van der Waals surface area contributed by atoms with E-state index < -0.39 is 0 Å². The minimum atomic E-state index is -0.384. The molecule has 0 saturated heterocycles. The lowest BCUT2D eigenvalue weighted by Gasteiger charge is -2.13. The topological polar surface area (TPSA) is 75.5 Å². The fourth-order valence-corrected chi connectivity index (χ4v) is 5.40. The standard InChI is InChI=1S/C32H27N3O4S/c1-3-38-32(36)31-30(23-11-16-27-28(17-23)34-40-33-27)26-15-14-25(39-20-22-7-5-4-6-8-22)18-29(26)35(31)19-21-9-12-24(37-2)13-10-21/h4-18H,3,19-20H2,1-2H3. The SMILES string of the molecule is CCOC(=O)c1c(-c2ccc3nsnc3c2)c2ccc(OCc3ccccc3)cc2n1Cc1ccc(OC)cc1. The first-order valence-corrected chi connectivity index (χ1v) is 13.7. The van der Waals surface area contributed by atoms with Crippen LogP contribution in [0.15, 0.2) is 91.0 Å². The van der Waals surface area contributed by atoms with Crippen molar-refractivity contribution >= 4 is 39.6 Å². The van der Waals surface area contributed by atoms with Crippen molar-refractivity contribution < 1.29 is 19.0 Å². The molecule has 0 radical (unpaired) electrons. The molecule has 0 spiro atoms. The molecule has 0 aliphatic heterocycles. The van der Waals surface area contributed by atoms with Gasteiger partial charge in [-0.3, -0.25) is 0 Å². The number of carbonyl (C=O) groups is 1. The number of esters is 1. The highest BCUT2D eigenvalue weighted by Gasteiger charge is 2.26. The number of fused-ring (bicyclic) bond motifs is 2. The van der Waals surface area contributed by atoms with E-state index in [1.807, 2.05) is 102 Å². The van der Waals surface area contributed by atoms with Crippen molar-refractivity contribution in [2.24, 2.45) is 0 Å². The van der Waals surface area contributed by atoms with E-state index in [4.69, 9.17) is 14.2 Å². The third-order valence-corrected chi connectivity index (χ3v) is 7.35. The molecule has 40 heavy (non-hydrogen) atoms. The van der Waals surface area contributed by atoms with Gasteiger partial charge in [0.25, 0.3) is 0 Å². The monoisotopic (exact) mass is 549 g/mol. The van der Waals surface area contributed by atoms with Crippen LogP contribution in [0.1, 0.15) is 28.5 Å². The van der Waals surface area contributed by atoms with Crippen molar-refractivity contribution in [1.29, 1.82) is 0 Å². The molecule has 0 saturated carbocycles. The van der Waals surface area contributed by atoms with Gasteiger partial charge < -0.3 is 18.8 Å². The second kappa shape index (κ2) is 11.2. The molecule has 4 aromatic carbocycles. The van der Waals surface area contributed by atoms with Crippen LogP contribution in [0.2, 0.25) is 0 Å². The molecule has 0 aliphatic carbocycles. The van der Waals surface area contributed by atoms with E-state index in [0.29, 0.717) is 24.6 Å². The molecular formula is C32H27N3O4S. The third kappa shape index (κ3) is 5.01. The van der Waals surface area contributed by atoms with Gasteiger partial charge in [-0.15, -0.1) is 0 Å². The van der Waals surface area contributed by atoms with Crippen molar-refractivity contribution in [3.05, 3.63) is 108 Å². The molecule has 0 aliphatic rings. The predicted molar refractivity (Wildman–Crippen MR) is 157 cm³/mol. The summed E-state index contributed by atoms with van der Waals surface area (Å²) in [5.74, 6) is 1.10. The Hall–Kier alpha value is -4.69. The number of rotatable bonds is 9. The zero-order valence-electron chi connectivity index (χ0n) is 22.2. The van der Waals surface area contributed by atoms with Gasteiger partial charge in [0.05, 0.1) is 31.0 Å². The highest BCUT2D eigenvalue weighted by atomic mass is 32.1. The summed E-state index contributed by atoms with van der Waals surface area (Å²) < 4.78 is 27.9. The molecule has 0 N–H and O–H groups in total. The lowest BCUT2D eigenvalue weighted by molar-refractivity contribution is 0.0516. The van der Waals surface area contributed by atoms with E-state index in [9.17, 15) is 4.79 Å². The maximum atomic E-state index is 13.6. The molecule has 2 aromatic heterocycles. The van der Waals surface area contributed by atoms with Gasteiger partial charge in [0.1, 0.15) is 34.8 Å². The van der Waals surface area contributed by atoms with Crippen molar-refractivity contribution in [3.8, 4) is 22.6 Å². The van der Waals surface area contributed by atoms with Crippen LogP contribution in [0, 0.1) is 0 Å². The number of methoxy groups -OCH3 is 1. The fraction of sp³-hybridized carbons (Fsp3) is 0.156. The van der Waals surface area contributed by atoms with Crippen LogP contribution in [0.3, 0.4) is 0 Å². The molecule has 0 atom stereocenters. The van der Waals surface area contributed by atoms with E-state index in [1.54, 1.807) is 7.11 Å². The Balaban J connectivity index is 1.53. The van der Waals surface area contributed by atoms with E-state index >= 15 is 0 Å². The quantitative estimate of drug-likeness (QED) is 0.179. The van der Waals surface area contributed by atoms with Gasteiger partial charge in [-0.25, -0.2) is 4.79 Å². The van der Waals surface area contributed by atoms with Gasteiger partial charge >= 0.3 is 5.97 Å². The molecule has 6 aromatic rings. The van der Waals surface area contributed by atoms with Gasteiger partial charge in [-0.05, 0) is 60.0 Å². The highest BCUT2D eigenvalue weighted by Crippen LogP contribution is 2.39. The number of ether oxygens (including phenoxy) is 3. The number of hydrogen-bond acceptors (Lipinski definition) is 7. The first-order valence-electron chi connectivity index (χ1n) is 13.0. The van der Waals surface area contributed by atoms with Gasteiger partial charge in [0.2, 0.25) is 0 Å². The first-order chi connectivity index (χ1) is 19.6. The average Bonchev–Trinajstić information content (AvgIpc) is 3.59. The van der Waals surface area contributed by atoms with E-state index in [2.05, 4.69) is 8.75 Å². The van der Waals surface area contributed by atoms with E-state index in [-0.39, 0.29) is 12.6 Å². The molecule has 0 unspecified atom stereocenters. The van der Waals surface area contributed by atoms with Gasteiger partial charge in [-0.1, -0.05) is 48.5 Å². The van der Waals surface area contributed by atoms with E-state index in [1.165, 1.54) is 11.7 Å². The Morgan fingerprint density at radius 2 is 1.62 bits per heavy atom. The van der Waals surface area contributed by atoms with E-state index in [0.717, 1.165) is 49.9 Å². The molecule has 6 rings (SSSR count). The van der Waals surface area contributed by atoms with Crippen molar-refractivity contribution in [1.82, 2.24) is 13.3 Å². The molecule has 2 heterocycles. The van der Waals surface area contributed by atoms with Gasteiger partial charge in [0, 0.05) is 23.6 Å². The summed E-state index contributed by atoms with van der Waals surface area (Å²) in [6.45, 7) is 2.98. The fourth-order valence-electron chi connectivity index (χ4n) is 4.88. The van der Waals surface area contributed by atoms with Crippen molar-refractivity contribution in [3.63, 3.8) is 0 Å². The molecular weight excluding hydrogens is 522 g/mol. The Morgan fingerprint density at radius 1 is 0.850 bits per heavy atom. The molecule has 8 heteroatoms. The highest BCUT2D eigenvalue weighted by molar-refractivity contribution is 7.00. The summed E-state index contributed by atoms with van der Waals surface area (Å²) in [7, 11) is 1.64. The number of aromatic nitrogens is 3. The van der Waals surface area contributed by atoms with Gasteiger partial charge in [-0.2, -0.15) is 8.75 Å². The lowest BCUT2D eigenvalue weighted by Crippen LogP contribution is -2.14. The summed E-state index contributed by atoms with van der Waals surface area (Å²) in [5.41, 5.74) is 6.73. The minimum Gasteiger partial charge on any atom is -0.497 e. The van der Waals surface area contributed by atoms with Crippen LogP contribution < -0.4 is 9.47 Å². The normalized spacial score (nSPS) is 11.2. The van der Waals surface area contributed by atoms with Crippen LogP contribution >= 0.6 is 11.7 Å². The largest absolute Gasteiger partial charge is 0.497 e. The lowest BCUT2D eigenvalue weighted by atomic mass is 10.0. The number of nitrogens with zero attached hydrogens (tertiary/aromatic N) is 3. The molecule has 7 nitrogen and oxygen atoms in total. The maximum absolute atomic E-state index is 13.6. The second-order valence-electron chi connectivity index (χ2n) is 9.30. The summed E-state index contributed by atoms with van der Waals surface area (Å²) in [6, 6.07) is 29.7. The molecule has 200 valence electrons. The predicted octanol–water partition coefficient (Wildman–Crippen LogP) is 7.13. The number of hydrogen-bond donors (Lipinski definition) is 0. The Morgan fingerprint density at radius 3 is 2.40 bits per heavy atom. The Labute approximate surface area is 235 Å². The summed E-state index contributed by atoms with van der Waals surface area (Å²) in [5, 5.41) is 0.922. The molecule has 0 amide bonds. The zero-order valence-corrected chi connectivity index (χ0v) is 23.0. The van der Waals surface area contributed by atoms with Crippen molar-refractivity contribution in [2.45, 2.75) is 20.1 Å². The smallest absolute Gasteiger partial charge is 0.355 e. The maximum Gasteiger partial charge on any atom is 0.355 e. The van der Waals surface area contributed by atoms with Crippen LogP contribution in [0.5, 0.6) is 11.5 Å². The molecule has 0 bridgehead atoms. The number of benzene rings is 4. The molecule has 0 fully saturated rings. The zero-order chi connectivity index (χ0) is 27.5. The average molecular weight is 550 g/mol. The van der Waals surface area contributed by atoms with Gasteiger partial charge in [0.15, 0.2) is 0 Å². The Kier molecular flexibility index (Phi) is 7.16. The second-order valence-corrected chi connectivity index (χ2v) is 9.83. The van der Waals surface area contributed by atoms with Crippen LogP contribution in [0.4, 0.5) is 0 Å². The van der Waals surface area contributed by atoms with Crippen LogP contribution in [-0.4, -0.2) is 33.0 Å². The van der Waals surface area contributed by atoms with Crippen LogP contribution in [0.25, 0.3) is 33.1 Å². The summed E-state index contributed by atoms with van der Waals surface area (Å²) >= 11 is 1.17. The minimum absolute atomic E-state index is 0.267. The first kappa shape index (κ1) is 25.6. The van der Waals surface area contributed by atoms with Crippen LogP contribution in [-0.2, 0) is 17.9 Å². The summed E-state index contributed by atoms with van der Waals surface area (Å²) in [4.78, 5) is 13.6.